The van der Waals surface area contributed by atoms with Crippen LogP contribution in [-0.2, 0) is 11.2 Å². The van der Waals surface area contributed by atoms with E-state index >= 15 is 0 Å². The zero-order chi connectivity index (χ0) is 12.6. The average molecular weight is 229 g/mol. The summed E-state index contributed by atoms with van der Waals surface area (Å²) in [5.74, 6) is -0.833. The van der Waals surface area contributed by atoms with Crippen molar-refractivity contribution in [2.45, 2.75) is 6.42 Å². The van der Waals surface area contributed by atoms with Crippen molar-refractivity contribution >= 4 is 17.6 Å². The van der Waals surface area contributed by atoms with Gasteiger partial charge in [0, 0.05) is 18.2 Å². The van der Waals surface area contributed by atoms with Gasteiger partial charge in [-0.1, -0.05) is 18.7 Å². The SMILES string of the molecule is C=CC(=O)c1ccc2c(c1)C(=O)N(C)C(=O)C2. The summed E-state index contributed by atoms with van der Waals surface area (Å²) >= 11 is 0. The fourth-order valence-electron chi connectivity index (χ4n) is 1.78. The van der Waals surface area contributed by atoms with Crippen LogP contribution in [0.4, 0.5) is 0 Å². The lowest BCUT2D eigenvalue weighted by Gasteiger charge is -2.23. The number of fused-ring (bicyclic) bond motifs is 1. The van der Waals surface area contributed by atoms with E-state index in [9.17, 15) is 14.4 Å². The molecule has 4 heteroatoms. The van der Waals surface area contributed by atoms with Crippen molar-refractivity contribution in [3.63, 3.8) is 0 Å². The van der Waals surface area contributed by atoms with Gasteiger partial charge in [0.25, 0.3) is 5.91 Å². The van der Waals surface area contributed by atoms with E-state index in [1.165, 1.54) is 19.2 Å². The highest BCUT2D eigenvalue weighted by Gasteiger charge is 2.28. The first-order valence-corrected chi connectivity index (χ1v) is 5.15. The molecule has 0 bridgehead atoms. The lowest BCUT2D eigenvalue weighted by atomic mass is 9.95. The van der Waals surface area contributed by atoms with Gasteiger partial charge in [0.2, 0.25) is 5.91 Å². The zero-order valence-corrected chi connectivity index (χ0v) is 9.40. The molecule has 1 aliphatic heterocycles. The highest BCUT2D eigenvalue weighted by atomic mass is 16.2. The summed E-state index contributed by atoms with van der Waals surface area (Å²) in [6, 6.07) is 4.77. The van der Waals surface area contributed by atoms with Crippen molar-refractivity contribution in [2.75, 3.05) is 7.05 Å². The Morgan fingerprint density at radius 1 is 1.41 bits per heavy atom. The quantitative estimate of drug-likeness (QED) is 0.435. The van der Waals surface area contributed by atoms with Crippen molar-refractivity contribution in [2.24, 2.45) is 0 Å². The molecule has 0 radical (unpaired) electrons. The first kappa shape index (κ1) is 11.3. The second-order valence-electron chi connectivity index (χ2n) is 3.87. The van der Waals surface area contributed by atoms with E-state index in [1.54, 1.807) is 12.1 Å². The monoisotopic (exact) mass is 229 g/mol. The Labute approximate surface area is 98.5 Å². The molecule has 0 spiro atoms. The molecule has 1 heterocycles. The Hall–Kier alpha value is -2.23. The number of nitrogens with zero attached hydrogens (tertiary/aromatic N) is 1. The minimum absolute atomic E-state index is 0.195. The van der Waals surface area contributed by atoms with E-state index in [2.05, 4.69) is 6.58 Å². The van der Waals surface area contributed by atoms with Crippen LogP contribution >= 0.6 is 0 Å². The Morgan fingerprint density at radius 2 is 2.12 bits per heavy atom. The minimum atomic E-state index is -0.366. The van der Waals surface area contributed by atoms with Crippen molar-refractivity contribution < 1.29 is 14.4 Å². The average Bonchev–Trinajstić information content (AvgIpc) is 2.35. The van der Waals surface area contributed by atoms with E-state index < -0.39 is 0 Å². The predicted octanol–water partition coefficient (Wildman–Crippen LogP) is 1.21. The first-order valence-electron chi connectivity index (χ1n) is 5.15. The van der Waals surface area contributed by atoms with Gasteiger partial charge >= 0.3 is 0 Å². The predicted molar refractivity (Wildman–Crippen MR) is 61.8 cm³/mol. The maximum Gasteiger partial charge on any atom is 0.260 e. The summed E-state index contributed by atoms with van der Waals surface area (Å²) in [6.07, 6.45) is 1.39. The summed E-state index contributed by atoms with van der Waals surface area (Å²) in [5.41, 5.74) is 1.49. The second kappa shape index (κ2) is 3.97. The molecule has 4 nitrogen and oxygen atoms in total. The number of carbonyl (C=O) groups is 3. The number of hydrogen-bond donors (Lipinski definition) is 0. The molecule has 0 atom stereocenters. The van der Waals surface area contributed by atoms with Crippen LogP contribution in [0.15, 0.2) is 30.9 Å². The Morgan fingerprint density at radius 3 is 2.76 bits per heavy atom. The molecule has 0 saturated carbocycles. The van der Waals surface area contributed by atoms with Crippen LogP contribution < -0.4 is 0 Å². The Balaban J connectivity index is 2.52. The number of amides is 2. The molecule has 2 amide bonds. The van der Waals surface area contributed by atoms with Crippen LogP contribution in [0.1, 0.15) is 26.3 Å². The van der Waals surface area contributed by atoms with Gasteiger partial charge in [0.05, 0.1) is 6.42 Å². The number of benzene rings is 1. The zero-order valence-electron chi connectivity index (χ0n) is 9.40. The van der Waals surface area contributed by atoms with E-state index in [0.29, 0.717) is 16.7 Å². The van der Waals surface area contributed by atoms with Crippen molar-refractivity contribution in [1.82, 2.24) is 4.90 Å². The number of imide groups is 1. The fourth-order valence-corrected chi connectivity index (χ4v) is 1.78. The number of rotatable bonds is 2. The van der Waals surface area contributed by atoms with Gasteiger partial charge in [-0.05, 0) is 17.7 Å². The molecule has 17 heavy (non-hydrogen) atoms. The molecule has 0 aliphatic carbocycles. The highest BCUT2D eigenvalue weighted by molar-refractivity contribution is 6.11. The number of likely N-dealkylation sites (N-methyl/N-ethyl adjacent to an activating group) is 1. The van der Waals surface area contributed by atoms with Crippen LogP contribution in [0.5, 0.6) is 0 Å². The van der Waals surface area contributed by atoms with Gasteiger partial charge < -0.3 is 0 Å². The van der Waals surface area contributed by atoms with Gasteiger partial charge in [0.1, 0.15) is 0 Å². The summed E-state index contributed by atoms with van der Waals surface area (Å²) in [6.45, 7) is 3.40. The smallest absolute Gasteiger partial charge is 0.260 e. The normalized spacial score (nSPS) is 14.5. The number of allylic oxidation sites excluding steroid dienone is 1. The standard InChI is InChI=1S/C13H11NO3/c1-3-11(15)9-5-4-8-7-12(16)14(2)13(17)10(8)6-9/h3-6H,1,7H2,2H3. The Kier molecular flexibility index (Phi) is 2.63. The van der Waals surface area contributed by atoms with Gasteiger partial charge in [-0.15, -0.1) is 0 Å². The third-order valence-corrected chi connectivity index (χ3v) is 2.83. The minimum Gasteiger partial charge on any atom is -0.289 e. The van der Waals surface area contributed by atoms with Crippen LogP contribution in [0.3, 0.4) is 0 Å². The Bertz CT molecular complexity index is 546. The largest absolute Gasteiger partial charge is 0.289 e. The maximum atomic E-state index is 11.9. The summed E-state index contributed by atoms with van der Waals surface area (Å²) in [5, 5.41) is 0. The molecule has 1 aliphatic rings. The molecule has 1 aromatic rings. The van der Waals surface area contributed by atoms with E-state index in [1.807, 2.05) is 0 Å². The first-order chi connectivity index (χ1) is 8.04. The molecule has 2 rings (SSSR count). The summed E-state index contributed by atoms with van der Waals surface area (Å²) < 4.78 is 0. The van der Waals surface area contributed by atoms with Crippen LogP contribution in [-0.4, -0.2) is 29.5 Å². The molecule has 1 aromatic carbocycles. The molecular formula is C13H11NO3. The fraction of sp³-hybridized carbons (Fsp3) is 0.154. The van der Waals surface area contributed by atoms with Gasteiger partial charge in [0.15, 0.2) is 5.78 Å². The second-order valence-corrected chi connectivity index (χ2v) is 3.87. The maximum absolute atomic E-state index is 11.9. The van der Waals surface area contributed by atoms with E-state index in [4.69, 9.17) is 0 Å². The van der Waals surface area contributed by atoms with Crippen LogP contribution in [0.25, 0.3) is 0 Å². The molecule has 0 saturated heterocycles. The van der Waals surface area contributed by atoms with E-state index in [-0.39, 0.29) is 24.0 Å². The van der Waals surface area contributed by atoms with Crippen molar-refractivity contribution in [3.05, 3.63) is 47.5 Å². The van der Waals surface area contributed by atoms with E-state index in [0.717, 1.165) is 4.90 Å². The molecule has 0 unspecified atom stereocenters. The number of ketones is 1. The lowest BCUT2D eigenvalue weighted by molar-refractivity contribution is -0.127. The van der Waals surface area contributed by atoms with Crippen LogP contribution in [0, 0.1) is 0 Å². The topological polar surface area (TPSA) is 54.5 Å². The lowest BCUT2D eigenvalue weighted by Crippen LogP contribution is -2.39. The molecular weight excluding hydrogens is 218 g/mol. The van der Waals surface area contributed by atoms with Crippen molar-refractivity contribution in [1.29, 1.82) is 0 Å². The van der Waals surface area contributed by atoms with Gasteiger partial charge in [-0.3, -0.25) is 19.3 Å². The number of carbonyl (C=O) groups excluding carboxylic acids is 3. The molecule has 86 valence electrons. The van der Waals surface area contributed by atoms with Gasteiger partial charge in [-0.2, -0.15) is 0 Å². The van der Waals surface area contributed by atoms with Crippen molar-refractivity contribution in [3.8, 4) is 0 Å². The molecule has 0 fully saturated rings. The number of hydrogen-bond acceptors (Lipinski definition) is 3. The van der Waals surface area contributed by atoms with Crippen LogP contribution in [0.2, 0.25) is 0 Å². The molecule has 0 N–H and O–H groups in total. The molecule has 0 aromatic heterocycles. The summed E-state index contributed by atoms with van der Waals surface area (Å²) in [4.78, 5) is 35.8. The third kappa shape index (κ3) is 1.78. The highest BCUT2D eigenvalue weighted by Crippen LogP contribution is 2.20. The van der Waals surface area contributed by atoms with Gasteiger partial charge in [-0.25, -0.2) is 0 Å². The third-order valence-electron chi connectivity index (χ3n) is 2.83. The summed E-state index contributed by atoms with van der Waals surface area (Å²) in [7, 11) is 1.44.